The summed E-state index contributed by atoms with van der Waals surface area (Å²) >= 11 is 0. The normalized spacial score (nSPS) is 32.4. The first kappa shape index (κ1) is 16.4. The van der Waals surface area contributed by atoms with Crippen LogP contribution < -0.4 is 5.73 Å². The van der Waals surface area contributed by atoms with Crippen molar-refractivity contribution < 1.29 is 13.9 Å². The standard InChI is InChI=1S/C17H17FN4O2/c1-3-23-17(24-4-2)16(10-20)13(11-7-5-6-8-12(11)18)15(16,9-19)14(21)22-17/h5-8,13H,3-4H2,1-2H3,(H2,21,22)/t13-,15-,16+/m0/s1. The van der Waals surface area contributed by atoms with Gasteiger partial charge in [0.05, 0.1) is 12.1 Å². The summed E-state index contributed by atoms with van der Waals surface area (Å²) in [6.07, 6.45) is 0. The highest BCUT2D eigenvalue weighted by Gasteiger charge is 2.94. The monoisotopic (exact) mass is 328 g/mol. The fraction of sp³-hybridized carbons (Fsp3) is 0.471. The number of nitrogens with zero attached hydrogens (tertiary/aromatic N) is 3. The molecule has 0 unspecified atom stereocenters. The second-order valence-electron chi connectivity index (χ2n) is 5.74. The summed E-state index contributed by atoms with van der Waals surface area (Å²) in [5.74, 6) is -3.08. The third-order valence-electron chi connectivity index (χ3n) is 4.82. The third kappa shape index (κ3) is 1.56. The minimum Gasteiger partial charge on any atom is -0.386 e. The summed E-state index contributed by atoms with van der Waals surface area (Å²) in [4.78, 5) is 4.20. The molecule has 1 aromatic rings. The number of ether oxygens (including phenoxy) is 2. The largest absolute Gasteiger partial charge is 0.386 e. The Kier molecular flexibility index (Phi) is 3.60. The third-order valence-corrected chi connectivity index (χ3v) is 4.82. The van der Waals surface area contributed by atoms with E-state index in [1.54, 1.807) is 32.0 Å². The number of amidine groups is 1. The molecule has 3 atom stereocenters. The predicted octanol–water partition coefficient (Wildman–Crippen LogP) is 2.04. The first-order chi connectivity index (χ1) is 11.5. The van der Waals surface area contributed by atoms with Crippen LogP contribution in [0, 0.1) is 39.3 Å². The lowest BCUT2D eigenvalue weighted by Gasteiger charge is -2.31. The maximum absolute atomic E-state index is 14.4. The molecule has 24 heavy (non-hydrogen) atoms. The molecule has 1 aromatic carbocycles. The van der Waals surface area contributed by atoms with Crippen molar-refractivity contribution in [3.8, 4) is 12.1 Å². The number of rotatable bonds is 5. The molecule has 7 heteroatoms. The van der Waals surface area contributed by atoms with Crippen LogP contribution in [0.2, 0.25) is 0 Å². The lowest BCUT2D eigenvalue weighted by Crippen LogP contribution is -2.43. The van der Waals surface area contributed by atoms with E-state index in [0.717, 1.165) is 0 Å². The van der Waals surface area contributed by atoms with E-state index >= 15 is 0 Å². The maximum Gasteiger partial charge on any atom is 0.293 e. The second-order valence-corrected chi connectivity index (χ2v) is 5.74. The van der Waals surface area contributed by atoms with Crippen molar-refractivity contribution in [2.45, 2.75) is 25.7 Å². The van der Waals surface area contributed by atoms with E-state index in [4.69, 9.17) is 15.2 Å². The minimum absolute atomic E-state index is 0.0540. The van der Waals surface area contributed by atoms with E-state index in [1.165, 1.54) is 6.07 Å². The minimum atomic E-state index is -1.71. The summed E-state index contributed by atoms with van der Waals surface area (Å²) < 4.78 is 25.7. The van der Waals surface area contributed by atoms with Gasteiger partial charge in [-0.1, -0.05) is 18.2 Å². The summed E-state index contributed by atoms with van der Waals surface area (Å²) in [5.41, 5.74) is 3.29. The number of hydrogen-bond acceptors (Lipinski definition) is 6. The number of benzene rings is 1. The summed E-state index contributed by atoms with van der Waals surface area (Å²) in [6.45, 7) is 3.85. The Labute approximate surface area is 139 Å². The van der Waals surface area contributed by atoms with Crippen molar-refractivity contribution in [3.63, 3.8) is 0 Å². The molecule has 0 bridgehead atoms. The predicted molar refractivity (Wildman–Crippen MR) is 82.8 cm³/mol. The fourth-order valence-electron chi connectivity index (χ4n) is 3.93. The van der Waals surface area contributed by atoms with Crippen LogP contribution in [0.25, 0.3) is 0 Å². The van der Waals surface area contributed by atoms with E-state index in [2.05, 4.69) is 17.1 Å². The summed E-state index contributed by atoms with van der Waals surface area (Å²) in [5, 5.41) is 19.8. The van der Waals surface area contributed by atoms with E-state index in [1.807, 2.05) is 0 Å². The molecule has 0 radical (unpaired) electrons. The molecule has 3 rings (SSSR count). The molecule has 0 spiro atoms. The van der Waals surface area contributed by atoms with Gasteiger partial charge < -0.3 is 15.2 Å². The molecule has 2 aliphatic rings. The van der Waals surface area contributed by atoms with Crippen molar-refractivity contribution in [2.24, 2.45) is 21.6 Å². The van der Waals surface area contributed by atoms with Gasteiger partial charge in [0.1, 0.15) is 17.1 Å². The Morgan fingerprint density at radius 1 is 1.21 bits per heavy atom. The van der Waals surface area contributed by atoms with E-state index in [0.29, 0.717) is 0 Å². The Morgan fingerprint density at radius 3 is 2.33 bits per heavy atom. The van der Waals surface area contributed by atoms with E-state index in [-0.39, 0.29) is 24.6 Å². The average molecular weight is 328 g/mol. The maximum atomic E-state index is 14.4. The highest BCUT2D eigenvalue weighted by Crippen LogP contribution is 2.82. The second kappa shape index (κ2) is 5.27. The van der Waals surface area contributed by atoms with Gasteiger partial charge >= 0.3 is 0 Å². The summed E-state index contributed by atoms with van der Waals surface area (Å²) in [7, 11) is 0. The highest BCUT2D eigenvalue weighted by molar-refractivity contribution is 6.00. The molecule has 0 aromatic heterocycles. The van der Waals surface area contributed by atoms with Gasteiger partial charge in [-0.2, -0.15) is 10.5 Å². The number of halogens is 1. The molecule has 1 saturated carbocycles. The Balaban J connectivity index is 2.25. The van der Waals surface area contributed by atoms with Crippen LogP contribution in [-0.2, 0) is 9.47 Å². The topological polar surface area (TPSA) is 104 Å². The van der Waals surface area contributed by atoms with Crippen molar-refractivity contribution in [2.75, 3.05) is 13.2 Å². The number of aliphatic imine (C=N–C) groups is 1. The van der Waals surface area contributed by atoms with Gasteiger partial charge in [-0.3, -0.25) is 0 Å². The Bertz CT molecular complexity index is 791. The van der Waals surface area contributed by atoms with Gasteiger partial charge in [0.2, 0.25) is 0 Å². The number of nitrogens with two attached hydrogens (primary N) is 1. The van der Waals surface area contributed by atoms with Gasteiger partial charge in [0.15, 0.2) is 5.41 Å². The molecule has 0 amide bonds. The van der Waals surface area contributed by atoms with Crippen LogP contribution in [0.15, 0.2) is 29.3 Å². The molecule has 124 valence electrons. The van der Waals surface area contributed by atoms with Crippen LogP contribution in [0.1, 0.15) is 25.3 Å². The fourth-order valence-corrected chi connectivity index (χ4v) is 3.93. The molecule has 6 nitrogen and oxygen atoms in total. The molecule has 1 aliphatic carbocycles. The van der Waals surface area contributed by atoms with Gasteiger partial charge in [-0.25, -0.2) is 9.38 Å². The SMILES string of the molecule is CCOC1(OCC)N=C(N)[C@]2(C#N)[C@H](c3ccccc3F)[C@@]12C#N. The average Bonchev–Trinajstić information content (AvgIpc) is 3.14. The first-order valence-corrected chi connectivity index (χ1v) is 7.72. The van der Waals surface area contributed by atoms with Crippen molar-refractivity contribution in [3.05, 3.63) is 35.6 Å². The molecule has 1 fully saturated rings. The Morgan fingerprint density at radius 2 is 1.83 bits per heavy atom. The summed E-state index contributed by atoms with van der Waals surface area (Å²) in [6, 6.07) is 10.3. The van der Waals surface area contributed by atoms with Crippen molar-refractivity contribution >= 4 is 5.84 Å². The van der Waals surface area contributed by atoms with Gasteiger partial charge in [-0.15, -0.1) is 0 Å². The highest BCUT2D eigenvalue weighted by atomic mass is 19.1. The number of fused-ring (bicyclic) bond motifs is 1. The van der Waals surface area contributed by atoms with Crippen LogP contribution in [0.3, 0.4) is 0 Å². The molecule has 1 aliphatic heterocycles. The van der Waals surface area contributed by atoms with Crippen molar-refractivity contribution in [1.82, 2.24) is 0 Å². The zero-order valence-corrected chi connectivity index (χ0v) is 13.4. The molecule has 2 N–H and O–H groups in total. The smallest absolute Gasteiger partial charge is 0.293 e. The lowest BCUT2D eigenvalue weighted by atomic mass is 9.93. The van der Waals surface area contributed by atoms with Gasteiger partial charge in [0, 0.05) is 19.1 Å². The molecule has 0 saturated heterocycles. The quantitative estimate of drug-likeness (QED) is 0.833. The van der Waals surface area contributed by atoms with Crippen molar-refractivity contribution in [1.29, 1.82) is 10.5 Å². The van der Waals surface area contributed by atoms with Gasteiger partial charge in [-0.05, 0) is 25.5 Å². The molecule has 1 heterocycles. The zero-order valence-electron chi connectivity index (χ0n) is 13.4. The molecular weight excluding hydrogens is 311 g/mol. The Hall–Kier alpha value is -2.48. The zero-order chi connectivity index (χ0) is 17.6. The lowest BCUT2D eigenvalue weighted by molar-refractivity contribution is -0.255. The van der Waals surface area contributed by atoms with E-state index in [9.17, 15) is 14.9 Å². The van der Waals surface area contributed by atoms with Crippen LogP contribution in [0.4, 0.5) is 4.39 Å². The van der Waals surface area contributed by atoms with Crippen LogP contribution in [-0.4, -0.2) is 25.0 Å². The molecular formula is C17H17FN4O2. The number of hydrogen-bond donors (Lipinski definition) is 1. The van der Waals surface area contributed by atoms with Gasteiger partial charge in [0.25, 0.3) is 5.91 Å². The van der Waals surface area contributed by atoms with Crippen LogP contribution in [0.5, 0.6) is 0 Å². The number of nitriles is 2. The van der Waals surface area contributed by atoms with Crippen LogP contribution >= 0.6 is 0 Å². The first-order valence-electron chi connectivity index (χ1n) is 7.72. The van der Waals surface area contributed by atoms with E-state index < -0.39 is 28.5 Å².